The zero-order chi connectivity index (χ0) is 14.8. The molecule has 0 aromatic carbocycles. The molecule has 1 aliphatic heterocycles. The molecule has 0 radical (unpaired) electrons. The predicted octanol–water partition coefficient (Wildman–Crippen LogP) is 1.61. The average Bonchev–Trinajstić information content (AvgIpc) is 2.87. The van der Waals surface area contributed by atoms with Gasteiger partial charge in [0.1, 0.15) is 0 Å². The molecule has 0 saturated carbocycles. The summed E-state index contributed by atoms with van der Waals surface area (Å²) in [4.78, 5) is 14.5. The zero-order valence-corrected chi connectivity index (χ0v) is 12.7. The van der Waals surface area contributed by atoms with Gasteiger partial charge in [-0.2, -0.15) is 5.10 Å². The summed E-state index contributed by atoms with van der Waals surface area (Å²) in [5, 5.41) is 13.9. The van der Waals surface area contributed by atoms with Crippen molar-refractivity contribution in [2.45, 2.75) is 39.5 Å². The molecule has 20 heavy (non-hydrogen) atoms. The van der Waals surface area contributed by atoms with Crippen LogP contribution >= 0.6 is 0 Å². The molecule has 0 unspecified atom stereocenters. The summed E-state index contributed by atoms with van der Waals surface area (Å²) in [5.41, 5.74) is 1.61. The number of nitrogens with zero attached hydrogens (tertiary/aromatic N) is 3. The summed E-state index contributed by atoms with van der Waals surface area (Å²) >= 11 is 0. The number of carbonyl (C=O) groups is 1. The van der Waals surface area contributed by atoms with Crippen LogP contribution in [0.4, 0.5) is 0 Å². The highest BCUT2D eigenvalue weighted by molar-refractivity contribution is 5.95. The van der Waals surface area contributed by atoms with Gasteiger partial charge in [0.05, 0.1) is 11.3 Å². The van der Waals surface area contributed by atoms with Gasteiger partial charge in [-0.3, -0.25) is 9.48 Å². The Balaban J connectivity index is 2.08. The number of piperidine rings is 1. The summed E-state index contributed by atoms with van der Waals surface area (Å²) in [5.74, 6) is 0.0811. The smallest absolute Gasteiger partial charge is 0.257 e. The Morgan fingerprint density at radius 2 is 2.05 bits per heavy atom. The van der Waals surface area contributed by atoms with E-state index in [1.807, 2.05) is 25.1 Å². The molecular weight excluding hydrogens is 254 g/mol. The normalized spacial score (nSPS) is 18.3. The van der Waals surface area contributed by atoms with E-state index >= 15 is 0 Å². The zero-order valence-electron chi connectivity index (χ0n) is 12.7. The Bertz CT molecular complexity index is 467. The molecule has 1 saturated heterocycles. The van der Waals surface area contributed by atoms with Crippen molar-refractivity contribution in [3.63, 3.8) is 0 Å². The maximum Gasteiger partial charge on any atom is 0.257 e. The lowest BCUT2D eigenvalue weighted by Gasteiger charge is -2.40. The SMILES string of the molecule is CCc1nn(C)cc1C(=O)N1CCC(CC)(CO)CC1. The number of carbonyl (C=O) groups excluding carboxylic acids is 1. The maximum atomic E-state index is 12.6. The van der Waals surface area contributed by atoms with Crippen molar-refractivity contribution in [2.75, 3.05) is 19.7 Å². The van der Waals surface area contributed by atoms with Crippen molar-refractivity contribution in [1.82, 2.24) is 14.7 Å². The largest absolute Gasteiger partial charge is 0.396 e. The van der Waals surface area contributed by atoms with Crippen LogP contribution in [-0.4, -0.2) is 45.4 Å². The van der Waals surface area contributed by atoms with Crippen LogP contribution in [0.15, 0.2) is 6.20 Å². The highest BCUT2D eigenvalue weighted by Crippen LogP contribution is 2.34. The van der Waals surface area contributed by atoms with Crippen molar-refractivity contribution in [3.8, 4) is 0 Å². The molecule has 2 heterocycles. The van der Waals surface area contributed by atoms with Crippen LogP contribution in [0.5, 0.6) is 0 Å². The van der Waals surface area contributed by atoms with Crippen LogP contribution in [0.25, 0.3) is 0 Å². The van der Waals surface area contributed by atoms with Crippen LogP contribution in [0.2, 0.25) is 0 Å². The Labute approximate surface area is 120 Å². The molecule has 1 aromatic rings. The second kappa shape index (κ2) is 5.95. The van der Waals surface area contributed by atoms with E-state index in [4.69, 9.17) is 0 Å². The van der Waals surface area contributed by atoms with Crippen LogP contribution in [-0.2, 0) is 13.5 Å². The summed E-state index contributed by atoms with van der Waals surface area (Å²) in [6.45, 7) is 5.81. The van der Waals surface area contributed by atoms with Gasteiger partial charge in [0.2, 0.25) is 0 Å². The van der Waals surface area contributed by atoms with E-state index in [1.165, 1.54) is 0 Å². The minimum atomic E-state index is 0.0132. The first-order valence-corrected chi connectivity index (χ1v) is 7.48. The summed E-state index contributed by atoms with van der Waals surface area (Å²) in [7, 11) is 1.85. The number of rotatable bonds is 4. The van der Waals surface area contributed by atoms with Crippen LogP contribution in [0.1, 0.15) is 49.2 Å². The lowest BCUT2D eigenvalue weighted by atomic mass is 9.77. The van der Waals surface area contributed by atoms with Crippen LogP contribution in [0, 0.1) is 5.41 Å². The molecule has 112 valence electrons. The fourth-order valence-corrected chi connectivity index (χ4v) is 2.95. The molecule has 1 N–H and O–H groups in total. The molecule has 5 nitrogen and oxygen atoms in total. The van der Waals surface area contributed by atoms with Gasteiger partial charge in [0, 0.05) is 32.9 Å². The van der Waals surface area contributed by atoms with E-state index in [2.05, 4.69) is 12.0 Å². The van der Waals surface area contributed by atoms with E-state index in [-0.39, 0.29) is 17.9 Å². The fraction of sp³-hybridized carbons (Fsp3) is 0.733. The first-order chi connectivity index (χ1) is 9.55. The molecule has 2 rings (SSSR count). The monoisotopic (exact) mass is 279 g/mol. The number of aliphatic hydroxyl groups excluding tert-OH is 1. The van der Waals surface area contributed by atoms with E-state index in [0.29, 0.717) is 0 Å². The first-order valence-electron chi connectivity index (χ1n) is 7.48. The Kier molecular flexibility index (Phi) is 4.48. The van der Waals surface area contributed by atoms with Gasteiger partial charge in [0.15, 0.2) is 0 Å². The lowest BCUT2D eigenvalue weighted by molar-refractivity contribution is 0.0337. The van der Waals surface area contributed by atoms with E-state index in [9.17, 15) is 9.90 Å². The minimum Gasteiger partial charge on any atom is -0.396 e. The van der Waals surface area contributed by atoms with Gasteiger partial charge in [-0.25, -0.2) is 0 Å². The molecule has 0 aliphatic carbocycles. The van der Waals surface area contributed by atoms with E-state index in [0.717, 1.165) is 50.0 Å². The number of aryl methyl sites for hydroxylation is 2. The van der Waals surface area contributed by atoms with Gasteiger partial charge in [0.25, 0.3) is 5.91 Å². The van der Waals surface area contributed by atoms with Crippen molar-refractivity contribution in [3.05, 3.63) is 17.5 Å². The molecule has 0 spiro atoms. The highest BCUT2D eigenvalue weighted by atomic mass is 16.3. The topological polar surface area (TPSA) is 58.4 Å². The van der Waals surface area contributed by atoms with Gasteiger partial charge in [-0.1, -0.05) is 13.8 Å². The Morgan fingerprint density at radius 1 is 1.40 bits per heavy atom. The summed E-state index contributed by atoms with van der Waals surface area (Å²) in [6, 6.07) is 0. The van der Waals surface area contributed by atoms with Crippen LogP contribution in [0.3, 0.4) is 0 Å². The number of hydrogen-bond donors (Lipinski definition) is 1. The summed E-state index contributed by atoms with van der Waals surface area (Å²) in [6.07, 6.45) is 5.32. The molecule has 1 aromatic heterocycles. The quantitative estimate of drug-likeness (QED) is 0.911. The van der Waals surface area contributed by atoms with Gasteiger partial charge in [-0.05, 0) is 31.1 Å². The van der Waals surface area contributed by atoms with Gasteiger partial charge in [-0.15, -0.1) is 0 Å². The lowest BCUT2D eigenvalue weighted by Crippen LogP contribution is -2.44. The van der Waals surface area contributed by atoms with Crippen LogP contribution < -0.4 is 0 Å². The Morgan fingerprint density at radius 3 is 2.55 bits per heavy atom. The maximum absolute atomic E-state index is 12.6. The number of likely N-dealkylation sites (tertiary alicyclic amines) is 1. The molecule has 1 amide bonds. The number of aliphatic hydroxyl groups is 1. The standard InChI is InChI=1S/C15H25N3O2/c1-4-13-12(10-17(3)16-13)14(20)18-8-6-15(5-2,11-19)7-9-18/h10,19H,4-9,11H2,1-3H3. The molecule has 5 heteroatoms. The third-order valence-electron chi connectivity index (χ3n) is 4.67. The van der Waals surface area contributed by atoms with Crippen molar-refractivity contribution >= 4 is 5.91 Å². The molecule has 0 bridgehead atoms. The van der Waals surface area contributed by atoms with Gasteiger partial charge < -0.3 is 10.0 Å². The van der Waals surface area contributed by atoms with E-state index in [1.54, 1.807) is 4.68 Å². The number of amides is 1. The van der Waals surface area contributed by atoms with Crippen molar-refractivity contribution < 1.29 is 9.90 Å². The highest BCUT2D eigenvalue weighted by Gasteiger charge is 2.34. The predicted molar refractivity (Wildman–Crippen MR) is 77.5 cm³/mol. The Hall–Kier alpha value is -1.36. The molecule has 0 atom stereocenters. The number of hydrogen-bond acceptors (Lipinski definition) is 3. The van der Waals surface area contributed by atoms with E-state index < -0.39 is 0 Å². The first kappa shape index (κ1) is 15.0. The average molecular weight is 279 g/mol. The summed E-state index contributed by atoms with van der Waals surface area (Å²) < 4.78 is 1.71. The van der Waals surface area contributed by atoms with Crippen molar-refractivity contribution in [1.29, 1.82) is 0 Å². The third kappa shape index (κ3) is 2.73. The minimum absolute atomic E-state index is 0.0132. The fourth-order valence-electron chi connectivity index (χ4n) is 2.95. The molecular formula is C15H25N3O2. The number of aromatic nitrogens is 2. The van der Waals surface area contributed by atoms with Gasteiger partial charge >= 0.3 is 0 Å². The second-order valence-electron chi connectivity index (χ2n) is 5.82. The second-order valence-corrected chi connectivity index (χ2v) is 5.82. The van der Waals surface area contributed by atoms with Crippen molar-refractivity contribution in [2.24, 2.45) is 12.5 Å². The molecule has 1 aliphatic rings. The molecule has 1 fully saturated rings. The third-order valence-corrected chi connectivity index (χ3v) is 4.67.